The molecule has 0 aliphatic rings. The van der Waals surface area contributed by atoms with Gasteiger partial charge in [-0.3, -0.25) is 19.9 Å². The summed E-state index contributed by atoms with van der Waals surface area (Å²) in [6.45, 7) is 1.61. The molecule has 0 bridgehead atoms. The molecule has 2 rings (SSSR count). The van der Waals surface area contributed by atoms with Gasteiger partial charge in [-0.05, 0) is 25.1 Å². The van der Waals surface area contributed by atoms with Crippen molar-refractivity contribution < 1.29 is 18.5 Å². The number of nitrogens with zero attached hydrogens (tertiary/aromatic N) is 2. The Morgan fingerprint density at radius 1 is 1.38 bits per heavy atom. The average molecular weight is 293 g/mol. The maximum Gasteiger partial charge on any atom is 0.308 e. The Bertz CT molecular complexity index is 735. The van der Waals surface area contributed by atoms with Crippen molar-refractivity contribution >= 4 is 17.3 Å². The number of carbonyl (C=O) groups excluding carboxylic acids is 1. The number of benzene rings is 1. The predicted molar refractivity (Wildman–Crippen MR) is 69.9 cm³/mol. The summed E-state index contributed by atoms with van der Waals surface area (Å²) in [7, 11) is 0. The van der Waals surface area contributed by atoms with E-state index in [1.807, 2.05) is 0 Å². The molecule has 0 radical (unpaired) electrons. The first-order chi connectivity index (χ1) is 9.90. The van der Waals surface area contributed by atoms with Crippen LogP contribution in [-0.2, 0) is 0 Å². The van der Waals surface area contributed by atoms with Crippen LogP contribution in [0.15, 0.2) is 30.5 Å². The molecule has 0 aliphatic heterocycles. The molecule has 6 nitrogen and oxygen atoms in total. The molecular weight excluding hydrogens is 284 g/mol. The van der Waals surface area contributed by atoms with E-state index in [0.717, 1.165) is 0 Å². The van der Waals surface area contributed by atoms with Gasteiger partial charge in [0.25, 0.3) is 5.91 Å². The summed E-state index contributed by atoms with van der Waals surface area (Å²) in [6.07, 6.45) is 1.50. The molecule has 1 heterocycles. The number of aryl methyl sites for hydroxylation is 1. The van der Waals surface area contributed by atoms with Gasteiger partial charge in [0.1, 0.15) is 5.82 Å². The second kappa shape index (κ2) is 5.61. The first-order valence-corrected chi connectivity index (χ1v) is 5.76. The third-order valence-electron chi connectivity index (χ3n) is 2.71. The van der Waals surface area contributed by atoms with Crippen LogP contribution in [-0.4, -0.2) is 15.8 Å². The maximum absolute atomic E-state index is 13.9. The molecule has 0 unspecified atom stereocenters. The van der Waals surface area contributed by atoms with Crippen LogP contribution in [0.5, 0.6) is 0 Å². The number of hydrogen-bond donors (Lipinski definition) is 1. The predicted octanol–water partition coefficient (Wildman–Crippen LogP) is 2.83. The molecule has 0 fully saturated rings. The number of nitro groups is 1. The fourth-order valence-corrected chi connectivity index (χ4v) is 1.68. The Hall–Kier alpha value is -2.90. The van der Waals surface area contributed by atoms with Crippen molar-refractivity contribution in [3.63, 3.8) is 0 Å². The molecular formula is C13H9F2N3O3. The van der Waals surface area contributed by atoms with E-state index in [4.69, 9.17) is 0 Å². The minimum Gasteiger partial charge on any atom is -0.320 e. The van der Waals surface area contributed by atoms with Crippen molar-refractivity contribution in [3.8, 4) is 0 Å². The van der Waals surface area contributed by atoms with Crippen molar-refractivity contribution in [2.75, 3.05) is 5.32 Å². The smallest absolute Gasteiger partial charge is 0.308 e. The number of hydrogen-bond acceptors (Lipinski definition) is 4. The summed E-state index contributed by atoms with van der Waals surface area (Å²) in [6, 6.07) is 4.09. The standard InChI is InChI=1S/C13H9F2N3O3/c1-7-10(3-2-4-16-7)17-13(19)9-5-8(14)6-11(12(9)15)18(20)21/h2-6H,1H3,(H,17,19). The molecule has 1 aromatic heterocycles. The van der Waals surface area contributed by atoms with E-state index >= 15 is 0 Å². The van der Waals surface area contributed by atoms with Gasteiger partial charge in [0.15, 0.2) is 0 Å². The van der Waals surface area contributed by atoms with E-state index in [0.29, 0.717) is 23.5 Å². The molecule has 0 aliphatic carbocycles. The number of aromatic nitrogens is 1. The molecule has 8 heteroatoms. The van der Waals surface area contributed by atoms with Gasteiger partial charge in [-0.25, -0.2) is 4.39 Å². The van der Waals surface area contributed by atoms with Crippen molar-refractivity contribution in [1.82, 2.24) is 4.98 Å². The van der Waals surface area contributed by atoms with Gasteiger partial charge >= 0.3 is 5.69 Å². The highest BCUT2D eigenvalue weighted by atomic mass is 19.1. The topological polar surface area (TPSA) is 85.1 Å². The largest absolute Gasteiger partial charge is 0.320 e. The van der Waals surface area contributed by atoms with Gasteiger partial charge in [-0.15, -0.1) is 0 Å². The van der Waals surface area contributed by atoms with Crippen LogP contribution in [0, 0.1) is 28.7 Å². The summed E-state index contributed by atoms with van der Waals surface area (Å²) in [4.78, 5) is 25.4. The lowest BCUT2D eigenvalue weighted by molar-refractivity contribution is -0.387. The number of nitrogens with one attached hydrogen (secondary N) is 1. The molecule has 21 heavy (non-hydrogen) atoms. The van der Waals surface area contributed by atoms with Crippen molar-refractivity contribution in [1.29, 1.82) is 0 Å². The molecule has 1 N–H and O–H groups in total. The fourth-order valence-electron chi connectivity index (χ4n) is 1.68. The lowest BCUT2D eigenvalue weighted by Crippen LogP contribution is -2.16. The van der Waals surface area contributed by atoms with E-state index < -0.39 is 33.7 Å². The van der Waals surface area contributed by atoms with E-state index in [2.05, 4.69) is 10.3 Å². The molecule has 108 valence electrons. The van der Waals surface area contributed by atoms with E-state index in [-0.39, 0.29) is 0 Å². The Labute approximate surface area is 117 Å². The normalized spacial score (nSPS) is 10.2. The highest BCUT2D eigenvalue weighted by Crippen LogP contribution is 2.23. The van der Waals surface area contributed by atoms with Crippen molar-refractivity contribution in [2.24, 2.45) is 0 Å². The lowest BCUT2D eigenvalue weighted by atomic mass is 10.1. The van der Waals surface area contributed by atoms with Crippen LogP contribution in [0.25, 0.3) is 0 Å². The van der Waals surface area contributed by atoms with Crippen molar-refractivity contribution in [2.45, 2.75) is 6.92 Å². The number of nitro benzene ring substituents is 1. The fraction of sp³-hybridized carbons (Fsp3) is 0.0769. The van der Waals surface area contributed by atoms with Crippen LogP contribution in [0.1, 0.15) is 16.1 Å². The van der Waals surface area contributed by atoms with Crippen LogP contribution >= 0.6 is 0 Å². The summed E-state index contributed by atoms with van der Waals surface area (Å²) in [5, 5.41) is 12.9. The van der Waals surface area contributed by atoms with Gasteiger partial charge in [-0.1, -0.05) is 0 Å². The summed E-state index contributed by atoms with van der Waals surface area (Å²) in [5.74, 6) is -3.46. The first kappa shape index (κ1) is 14.5. The molecule has 1 amide bonds. The van der Waals surface area contributed by atoms with Crippen LogP contribution < -0.4 is 5.32 Å². The number of carbonyl (C=O) groups is 1. The number of anilines is 1. The average Bonchev–Trinajstić information content (AvgIpc) is 2.43. The maximum atomic E-state index is 13.9. The number of amides is 1. The number of pyridine rings is 1. The third kappa shape index (κ3) is 2.99. The second-order valence-electron chi connectivity index (χ2n) is 4.13. The minimum absolute atomic E-state index is 0.300. The summed E-state index contributed by atoms with van der Waals surface area (Å²) < 4.78 is 27.2. The second-order valence-corrected chi connectivity index (χ2v) is 4.13. The lowest BCUT2D eigenvalue weighted by Gasteiger charge is -2.08. The van der Waals surface area contributed by atoms with E-state index in [1.165, 1.54) is 12.3 Å². The number of halogens is 2. The highest BCUT2D eigenvalue weighted by molar-refractivity contribution is 6.05. The molecule has 0 spiro atoms. The zero-order chi connectivity index (χ0) is 15.6. The Morgan fingerprint density at radius 2 is 2.10 bits per heavy atom. The van der Waals surface area contributed by atoms with E-state index in [9.17, 15) is 23.7 Å². The quantitative estimate of drug-likeness (QED) is 0.696. The highest BCUT2D eigenvalue weighted by Gasteiger charge is 2.24. The number of rotatable bonds is 3. The third-order valence-corrected chi connectivity index (χ3v) is 2.71. The molecule has 1 aromatic carbocycles. The minimum atomic E-state index is -1.39. The summed E-state index contributed by atoms with van der Waals surface area (Å²) >= 11 is 0. The Kier molecular flexibility index (Phi) is 3.88. The molecule has 0 saturated heterocycles. The Morgan fingerprint density at radius 3 is 2.71 bits per heavy atom. The molecule has 2 aromatic rings. The van der Waals surface area contributed by atoms with Gasteiger partial charge in [0.05, 0.1) is 27.9 Å². The van der Waals surface area contributed by atoms with Gasteiger partial charge in [0, 0.05) is 6.20 Å². The summed E-state index contributed by atoms with van der Waals surface area (Å²) in [5.41, 5.74) is -1.07. The zero-order valence-corrected chi connectivity index (χ0v) is 10.8. The van der Waals surface area contributed by atoms with Gasteiger partial charge < -0.3 is 5.32 Å². The van der Waals surface area contributed by atoms with Crippen LogP contribution in [0.3, 0.4) is 0 Å². The van der Waals surface area contributed by atoms with Crippen LogP contribution in [0.4, 0.5) is 20.2 Å². The van der Waals surface area contributed by atoms with E-state index in [1.54, 1.807) is 13.0 Å². The first-order valence-electron chi connectivity index (χ1n) is 5.76. The Balaban J connectivity index is 2.40. The van der Waals surface area contributed by atoms with Gasteiger partial charge in [-0.2, -0.15) is 4.39 Å². The monoisotopic (exact) mass is 293 g/mol. The van der Waals surface area contributed by atoms with Crippen molar-refractivity contribution in [3.05, 3.63) is 63.5 Å². The van der Waals surface area contributed by atoms with Gasteiger partial charge in [0.2, 0.25) is 5.82 Å². The molecule has 0 atom stereocenters. The SMILES string of the molecule is Cc1ncccc1NC(=O)c1cc(F)cc([N+](=O)[O-])c1F. The van der Waals surface area contributed by atoms with Crippen LogP contribution in [0.2, 0.25) is 0 Å². The molecule has 0 saturated carbocycles. The zero-order valence-electron chi connectivity index (χ0n) is 10.8.